The smallest absolute Gasteiger partial charge is 0.186 e. The lowest BCUT2D eigenvalue weighted by Gasteiger charge is -2.61. The number of aliphatic hydroxyl groups excluding tert-OH is 4. The molecule has 0 amide bonds. The SMILES string of the molecule is C[C@H](CC(=O)[C@@H]1OC1(C)C)[C@H]1C(=O)C[C@@]2(C)C3=CCC4C(C)(C)[C@@H](O[C@@H]5OC[C@@H](O)[C@H](O)[C@H]5O)CC[C@@]45C[C@@]35[C@@H](O)C[C@]12C. The van der Waals surface area contributed by atoms with Crippen LogP contribution in [0.25, 0.3) is 0 Å². The molecule has 7 aliphatic rings. The molecule has 44 heavy (non-hydrogen) atoms. The van der Waals surface area contributed by atoms with Crippen LogP contribution in [0.4, 0.5) is 0 Å². The van der Waals surface area contributed by atoms with Gasteiger partial charge in [-0.3, -0.25) is 9.59 Å². The van der Waals surface area contributed by atoms with Crippen LogP contribution in [-0.2, 0) is 23.8 Å². The Morgan fingerprint density at radius 2 is 1.77 bits per heavy atom. The molecule has 1 unspecified atom stereocenters. The molecule has 9 nitrogen and oxygen atoms in total. The van der Waals surface area contributed by atoms with Gasteiger partial charge >= 0.3 is 0 Å². The fourth-order valence-electron chi connectivity index (χ4n) is 11.9. The van der Waals surface area contributed by atoms with Gasteiger partial charge in [0.25, 0.3) is 0 Å². The summed E-state index contributed by atoms with van der Waals surface area (Å²) in [5, 5.41) is 42.9. The third-order valence-corrected chi connectivity index (χ3v) is 14.4. The van der Waals surface area contributed by atoms with Crippen LogP contribution < -0.4 is 0 Å². The van der Waals surface area contributed by atoms with Gasteiger partial charge in [0.05, 0.1) is 24.4 Å². The Labute approximate surface area is 260 Å². The van der Waals surface area contributed by atoms with Crippen LogP contribution >= 0.6 is 0 Å². The third-order valence-electron chi connectivity index (χ3n) is 14.4. The standard InChI is InChI=1S/C35H52O9/c1-17(12-18(36)28-31(4,5)44-28)25-19(37)13-32(6)22-9-8-21-30(2,3)24(43-29-27(41)26(40)20(38)15-42-29)10-11-34(21)16-35(22,34)23(39)14-33(25,32)7/h9,17,20-21,23-29,38-41H,8,10-16H2,1-7H3/t17-,20-,21?,23+,24+,25+,26+,27-,28+,29+,32+,33-,34-,35+/m1/s1. The number of carbonyl (C=O) groups excluding carboxylic acids is 2. The molecule has 0 aromatic carbocycles. The van der Waals surface area contributed by atoms with Gasteiger partial charge in [0.1, 0.15) is 30.2 Å². The Morgan fingerprint density at radius 3 is 2.43 bits per heavy atom. The number of allylic oxidation sites excluding steroid dienone is 1. The maximum Gasteiger partial charge on any atom is 0.186 e. The van der Waals surface area contributed by atoms with Crippen LogP contribution in [0.15, 0.2) is 11.6 Å². The van der Waals surface area contributed by atoms with E-state index in [0.29, 0.717) is 19.3 Å². The Hall–Kier alpha value is -1.20. The molecule has 0 aromatic rings. The summed E-state index contributed by atoms with van der Waals surface area (Å²) in [6.45, 7) is 14.6. The molecular weight excluding hydrogens is 564 g/mol. The lowest BCUT2D eigenvalue weighted by atomic mass is 9.44. The van der Waals surface area contributed by atoms with Crippen molar-refractivity contribution in [2.45, 2.75) is 142 Å². The van der Waals surface area contributed by atoms with Crippen molar-refractivity contribution in [2.24, 2.45) is 44.8 Å². The number of aliphatic hydroxyl groups is 4. The van der Waals surface area contributed by atoms with Crippen molar-refractivity contribution in [1.29, 1.82) is 0 Å². The zero-order valence-corrected chi connectivity index (χ0v) is 27.3. The van der Waals surface area contributed by atoms with Gasteiger partial charge in [-0.2, -0.15) is 0 Å². The van der Waals surface area contributed by atoms with Crippen LogP contribution in [0.2, 0.25) is 0 Å². The van der Waals surface area contributed by atoms with Gasteiger partial charge in [-0.05, 0) is 74.0 Å². The minimum Gasteiger partial charge on any atom is -0.392 e. The number of rotatable bonds is 6. The molecular formula is C35H52O9. The van der Waals surface area contributed by atoms with Crippen molar-refractivity contribution in [3.05, 3.63) is 11.6 Å². The highest BCUT2D eigenvalue weighted by Gasteiger charge is 2.84. The van der Waals surface area contributed by atoms with Crippen LogP contribution in [0.3, 0.4) is 0 Å². The summed E-state index contributed by atoms with van der Waals surface area (Å²) < 4.78 is 17.6. The predicted molar refractivity (Wildman–Crippen MR) is 159 cm³/mol. The summed E-state index contributed by atoms with van der Waals surface area (Å²) in [5.41, 5.74) is -0.761. The third kappa shape index (κ3) is 3.84. The van der Waals surface area contributed by atoms with Crippen molar-refractivity contribution >= 4 is 11.6 Å². The molecule has 9 heteroatoms. The van der Waals surface area contributed by atoms with Gasteiger partial charge < -0.3 is 34.6 Å². The molecule has 14 atom stereocenters. The minimum atomic E-state index is -1.33. The first-order chi connectivity index (χ1) is 20.4. The molecule has 0 bridgehead atoms. The normalized spacial score (nSPS) is 53.8. The Balaban J connectivity index is 1.15. The zero-order valence-electron chi connectivity index (χ0n) is 27.3. The zero-order chi connectivity index (χ0) is 32.0. The number of ether oxygens (including phenoxy) is 3. The maximum absolute atomic E-state index is 13.9. The highest BCUT2D eigenvalue weighted by Crippen LogP contribution is 2.87. The summed E-state index contributed by atoms with van der Waals surface area (Å²) in [5.74, 6) is 0.0812. The number of ketones is 2. The second-order valence-electron chi connectivity index (χ2n) is 17.3. The number of fused-ring (bicyclic) bond motifs is 2. The second-order valence-corrected chi connectivity index (χ2v) is 17.3. The molecule has 2 heterocycles. The summed E-state index contributed by atoms with van der Waals surface area (Å²) in [7, 11) is 0. The van der Waals surface area contributed by atoms with Gasteiger partial charge in [-0.1, -0.05) is 46.3 Å². The van der Waals surface area contributed by atoms with Gasteiger partial charge in [-0.15, -0.1) is 0 Å². The summed E-state index contributed by atoms with van der Waals surface area (Å²) >= 11 is 0. The number of carbonyl (C=O) groups is 2. The monoisotopic (exact) mass is 616 g/mol. The first-order valence-corrected chi connectivity index (χ1v) is 16.8. The molecule has 4 N–H and O–H groups in total. The van der Waals surface area contributed by atoms with Crippen molar-refractivity contribution in [2.75, 3.05) is 6.61 Å². The molecule has 7 rings (SSSR count). The van der Waals surface area contributed by atoms with Crippen LogP contribution in [0.5, 0.6) is 0 Å². The van der Waals surface area contributed by atoms with E-state index < -0.39 is 47.8 Å². The molecule has 2 aliphatic heterocycles. The molecule has 5 aliphatic carbocycles. The van der Waals surface area contributed by atoms with E-state index in [9.17, 15) is 30.0 Å². The van der Waals surface area contributed by atoms with E-state index in [2.05, 4.69) is 33.8 Å². The number of Topliss-reactive ketones (excluding diaryl/α,β-unsaturated/α-hetero) is 2. The van der Waals surface area contributed by atoms with Gasteiger partial charge in [0.2, 0.25) is 0 Å². The van der Waals surface area contributed by atoms with Crippen molar-refractivity contribution in [1.82, 2.24) is 0 Å². The van der Waals surface area contributed by atoms with Gasteiger partial charge in [-0.25, -0.2) is 0 Å². The van der Waals surface area contributed by atoms with Gasteiger partial charge in [0, 0.05) is 29.6 Å². The van der Waals surface area contributed by atoms with E-state index in [1.54, 1.807) is 0 Å². The largest absolute Gasteiger partial charge is 0.392 e. The average molecular weight is 617 g/mol. The Kier molecular flexibility index (Phi) is 6.75. The van der Waals surface area contributed by atoms with E-state index in [0.717, 1.165) is 25.7 Å². The first kappa shape index (κ1) is 31.4. The fourth-order valence-corrected chi connectivity index (χ4v) is 11.9. The molecule has 2 saturated heterocycles. The lowest BCUT2D eigenvalue weighted by molar-refractivity contribution is -0.301. The van der Waals surface area contributed by atoms with Crippen molar-refractivity contribution in [3.8, 4) is 0 Å². The van der Waals surface area contributed by atoms with E-state index in [1.807, 2.05) is 20.8 Å². The molecule has 0 aromatic heterocycles. The number of hydrogen-bond donors (Lipinski definition) is 4. The average Bonchev–Trinajstić information content (AvgIpc) is 3.78. The second kappa shape index (κ2) is 9.45. The highest BCUT2D eigenvalue weighted by molar-refractivity contribution is 5.90. The predicted octanol–water partition coefficient (Wildman–Crippen LogP) is 3.09. The van der Waals surface area contributed by atoms with Crippen LogP contribution in [0, 0.1) is 44.8 Å². The molecule has 2 spiro atoms. The lowest BCUT2D eigenvalue weighted by Crippen LogP contribution is -2.59. The molecule has 0 radical (unpaired) electrons. The van der Waals surface area contributed by atoms with Crippen molar-refractivity contribution in [3.63, 3.8) is 0 Å². The molecule has 6 fully saturated rings. The quantitative estimate of drug-likeness (QED) is 0.261. The number of hydrogen-bond acceptors (Lipinski definition) is 9. The van der Waals surface area contributed by atoms with Gasteiger partial charge in [0.15, 0.2) is 12.1 Å². The number of epoxide rings is 1. The minimum absolute atomic E-state index is 0.0687. The maximum atomic E-state index is 13.9. The molecule has 246 valence electrons. The van der Waals surface area contributed by atoms with Crippen LogP contribution in [-0.4, -0.2) is 87.1 Å². The van der Waals surface area contributed by atoms with E-state index >= 15 is 0 Å². The van der Waals surface area contributed by atoms with E-state index in [-0.39, 0.29) is 63.7 Å². The van der Waals surface area contributed by atoms with Crippen molar-refractivity contribution < 1.29 is 44.2 Å². The van der Waals surface area contributed by atoms with Crippen LogP contribution in [0.1, 0.15) is 93.4 Å². The summed E-state index contributed by atoms with van der Waals surface area (Å²) in [6.07, 6.45) is 0.934. The van der Waals surface area contributed by atoms with E-state index in [4.69, 9.17) is 14.2 Å². The highest BCUT2D eigenvalue weighted by atomic mass is 16.7. The Bertz CT molecular complexity index is 1290. The summed E-state index contributed by atoms with van der Waals surface area (Å²) in [6, 6.07) is 0. The Morgan fingerprint density at radius 1 is 1.09 bits per heavy atom. The summed E-state index contributed by atoms with van der Waals surface area (Å²) in [4.78, 5) is 27.0. The van der Waals surface area contributed by atoms with E-state index in [1.165, 1.54) is 5.57 Å². The topological polar surface area (TPSA) is 146 Å². The first-order valence-electron chi connectivity index (χ1n) is 16.8. The fraction of sp³-hybridized carbons (Fsp3) is 0.886. The molecule has 4 saturated carbocycles.